The highest BCUT2D eigenvalue weighted by molar-refractivity contribution is 7.98. The standard InChI is InChI=1S/C28H21ClN4O2S/c1-17-6-8-18(9-7-17)16-36-28-31-27-25(32-33-28)21-4-2-3-5-22(21)30-26(35-27)24-15-14-23(34-24)19-10-12-20(29)13-11-19/h2-15,26,30H,16H2,1H3. The Kier molecular flexibility index (Phi) is 6.09. The van der Waals surface area contributed by atoms with Crippen LogP contribution in [-0.4, -0.2) is 15.2 Å². The number of furan rings is 1. The summed E-state index contributed by atoms with van der Waals surface area (Å²) < 4.78 is 12.5. The summed E-state index contributed by atoms with van der Waals surface area (Å²) in [5.41, 5.74) is 5.68. The Morgan fingerprint density at radius 1 is 0.917 bits per heavy atom. The molecule has 1 N–H and O–H groups in total. The first-order valence-electron chi connectivity index (χ1n) is 11.4. The van der Waals surface area contributed by atoms with Crippen molar-refractivity contribution < 1.29 is 9.15 Å². The van der Waals surface area contributed by atoms with Crippen LogP contribution in [0.25, 0.3) is 22.6 Å². The first-order chi connectivity index (χ1) is 17.6. The van der Waals surface area contributed by atoms with E-state index in [1.807, 2.05) is 60.7 Å². The number of ether oxygens (including phenoxy) is 1. The first kappa shape index (κ1) is 22.6. The van der Waals surface area contributed by atoms with E-state index in [1.54, 1.807) is 0 Å². The van der Waals surface area contributed by atoms with Crippen molar-refractivity contribution in [1.82, 2.24) is 15.2 Å². The molecule has 0 aliphatic carbocycles. The van der Waals surface area contributed by atoms with E-state index in [4.69, 9.17) is 25.7 Å². The molecule has 3 heterocycles. The highest BCUT2D eigenvalue weighted by Crippen LogP contribution is 2.40. The smallest absolute Gasteiger partial charge is 0.247 e. The first-order valence-corrected chi connectivity index (χ1v) is 12.8. The molecule has 0 fully saturated rings. The summed E-state index contributed by atoms with van der Waals surface area (Å²) in [6.07, 6.45) is -0.597. The monoisotopic (exact) mass is 512 g/mol. The van der Waals surface area contributed by atoms with Crippen molar-refractivity contribution in [3.63, 3.8) is 0 Å². The number of fused-ring (bicyclic) bond motifs is 3. The summed E-state index contributed by atoms with van der Waals surface area (Å²) >= 11 is 7.56. The number of thioether (sulfide) groups is 1. The van der Waals surface area contributed by atoms with E-state index >= 15 is 0 Å². The number of aryl methyl sites for hydroxylation is 1. The summed E-state index contributed by atoms with van der Waals surface area (Å²) in [7, 11) is 0. The van der Waals surface area contributed by atoms with Gasteiger partial charge in [0.05, 0.1) is 0 Å². The summed E-state index contributed by atoms with van der Waals surface area (Å²) in [6, 6.07) is 27.6. The van der Waals surface area contributed by atoms with Gasteiger partial charge in [0.1, 0.15) is 5.76 Å². The zero-order valence-corrected chi connectivity index (χ0v) is 20.9. The highest BCUT2D eigenvalue weighted by atomic mass is 35.5. The average molecular weight is 513 g/mol. The minimum absolute atomic E-state index is 0.406. The van der Waals surface area contributed by atoms with Crippen LogP contribution in [0.5, 0.6) is 5.88 Å². The van der Waals surface area contributed by atoms with Gasteiger partial charge in [-0.3, -0.25) is 0 Å². The van der Waals surface area contributed by atoms with Crippen LogP contribution in [0.4, 0.5) is 5.69 Å². The van der Waals surface area contributed by atoms with Gasteiger partial charge in [-0.1, -0.05) is 71.4 Å². The van der Waals surface area contributed by atoms with Crippen molar-refractivity contribution in [2.45, 2.75) is 24.1 Å². The molecule has 178 valence electrons. The minimum atomic E-state index is -0.597. The molecule has 0 bridgehead atoms. The van der Waals surface area contributed by atoms with Crippen LogP contribution in [0, 0.1) is 6.92 Å². The molecule has 3 aromatic carbocycles. The Balaban J connectivity index is 1.31. The maximum absolute atomic E-state index is 6.35. The summed E-state index contributed by atoms with van der Waals surface area (Å²) in [5.74, 6) is 2.49. The molecular formula is C28H21ClN4O2S. The average Bonchev–Trinajstić information content (AvgIpc) is 3.33. The molecule has 1 aliphatic heterocycles. The van der Waals surface area contributed by atoms with Gasteiger partial charge < -0.3 is 14.5 Å². The maximum Gasteiger partial charge on any atom is 0.247 e. The molecule has 6 nitrogen and oxygen atoms in total. The number of halogens is 1. The van der Waals surface area contributed by atoms with Crippen molar-refractivity contribution >= 4 is 29.1 Å². The van der Waals surface area contributed by atoms with Crippen molar-refractivity contribution in [3.05, 3.63) is 107 Å². The maximum atomic E-state index is 6.35. The van der Waals surface area contributed by atoms with E-state index < -0.39 is 6.23 Å². The van der Waals surface area contributed by atoms with Gasteiger partial charge in [0.2, 0.25) is 17.3 Å². The third-order valence-corrected chi connectivity index (χ3v) is 7.00. The molecule has 1 atom stereocenters. The number of rotatable bonds is 5. The van der Waals surface area contributed by atoms with E-state index in [9.17, 15) is 0 Å². The van der Waals surface area contributed by atoms with Gasteiger partial charge in [0, 0.05) is 27.6 Å². The molecule has 6 rings (SSSR count). The second-order valence-electron chi connectivity index (χ2n) is 8.42. The van der Waals surface area contributed by atoms with Crippen LogP contribution in [-0.2, 0) is 5.75 Å². The fourth-order valence-electron chi connectivity index (χ4n) is 3.93. The zero-order chi connectivity index (χ0) is 24.5. The molecule has 0 radical (unpaired) electrons. The molecule has 36 heavy (non-hydrogen) atoms. The van der Waals surface area contributed by atoms with E-state index in [1.165, 1.54) is 22.9 Å². The summed E-state index contributed by atoms with van der Waals surface area (Å²) in [4.78, 5) is 4.73. The third kappa shape index (κ3) is 4.67. The number of anilines is 1. The van der Waals surface area contributed by atoms with Crippen molar-refractivity contribution in [3.8, 4) is 28.5 Å². The Labute approximate surface area is 217 Å². The van der Waals surface area contributed by atoms with Crippen molar-refractivity contribution in [2.75, 3.05) is 5.32 Å². The molecule has 1 unspecified atom stereocenters. The molecule has 0 spiro atoms. The Hall–Kier alpha value is -3.81. The van der Waals surface area contributed by atoms with Gasteiger partial charge in [0.15, 0.2) is 11.5 Å². The van der Waals surface area contributed by atoms with Gasteiger partial charge in [-0.2, -0.15) is 4.98 Å². The van der Waals surface area contributed by atoms with E-state index in [2.05, 4.69) is 46.7 Å². The van der Waals surface area contributed by atoms with Crippen LogP contribution in [0.2, 0.25) is 5.02 Å². The van der Waals surface area contributed by atoms with Gasteiger partial charge in [-0.15, -0.1) is 10.2 Å². The number of hydrogen-bond acceptors (Lipinski definition) is 7. The molecule has 0 saturated carbocycles. The van der Waals surface area contributed by atoms with Crippen LogP contribution in [0.15, 0.2) is 94.5 Å². The largest absolute Gasteiger partial charge is 0.455 e. The second-order valence-corrected chi connectivity index (χ2v) is 9.80. The fraction of sp³-hybridized carbons (Fsp3) is 0.107. The number of nitrogens with one attached hydrogen (secondary N) is 1. The normalized spacial score (nSPS) is 14.2. The van der Waals surface area contributed by atoms with Crippen molar-refractivity contribution in [1.29, 1.82) is 0 Å². The molecule has 8 heteroatoms. The van der Waals surface area contributed by atoms with Gasteiger partial charge in [-0.25, -0.2) is 0 Å². The van der Waals surface area contributed by atoms with Crippen LogP contribution in [0.3, 0.4) is 0 Å². The quantitative estimate of drug-likeness (QED) is 0.243. The molecule has 5 aromatic rings. The third-order valence-electron chi connectivity index (χ3n) is 5.84. The zero-order valence-electron chi connectivity index (χ0n) is 19.3. The Bertz CT molecular complexity index is 1520. The lowest BCUT2D eigenvalue weighted by molar-refractivity contribution is 0.196. The summed E-state index contributed by atoms with van der Waals surface area (Å²) in [5, 5.41) is 13.5. The van der Waals surface area contributed by atoms with Gasteiger partial charge >= 0.3 is 0 Å². The molecule has 1 aliphatic rings. The lowest BCUT2D eigenvalue weighted by Gasteiger charge is -2.16. The minimum Gasteiger partial charge on any atom is -0.455 e. The predicted octanol–water partition coefficient (Wildman–Crippen LogP) is 7.56. The molecule has 0 amide bonds. The van der Waals surface area contributed by atoms with Gasteiger partial charge in [-0.05, 0) is 55.0 Å². The molecule has 0 saturated heterocycles. The number of aromatic nitrogens is 3. The van der Waals surface area contributed by atoms with E-state index in [-0.39, 0.29) is 0 Å². The van der Waals surface area contributed by atoms with Crippen LogP contribution < -0.4 is 10.1 Å². The molecular weight excluding hydrogens is 492 g/mol. The predicted molar refractivity (Wildman–Crippen MR) is 142 cm³/mol. The lowest BCUT2D eigenvalue weighted by atomic mass is 10.1. The topological polar surface area (TPSA) is 73.1 Å². The van der Waals surface area contributed by atoms with Gasteiger partial charge in [0.25, 0.3) is 0 Å². The Morgan fingerprint density at radius 3 is 2.56 bits per heavy atom. The molecule has 2 aromatic heterocycles. The number of para-hydroxylation sites is 1. The van der Waals surface area contributed by atoms with Crippen LogP contribution >= 0.6 is 23.4 Å². The van der Waals surface area contributed by atoms with E-state index in [0.717, 1.165) is 28.3 Å². The lowest BCUT2D eigenvalue weighted by Crippen LogP contribution is -2.16. The van der Waals surface area contributed by atoms with E-state index in [0.29, 0.717) is 27.5 Å². The number of hydrogen-bond donors (Lipinski definition) is 1. The fourth-order valence-corrected chi connectivity index (χ4v) is 4.79. The number of nitrogens with zero attached hydrogens (tertiary/aromatic N) is 3. The van der Waals surface area contributed by atoms with Crippen LogP contribution in [0.1, 0.15) is 23.1 Å². The Morgan fingerprint density at radius 2 is 1.72 bits per heavy atom. The number of benzene rings is 3. The van der Waals surface area contributed by atoms with Crippen molar-refractivity contribution in [2.24, 2.45) is 0 Å². The second kappa shape index (κ2) is 9.68. The summed E-state index contributed by atoms with van der Waals surface area (Å²) in [6.45, 7) is 2.08. The SMILES string of the molecule is Cc1ccc(CSc2nnc3c(n2)OC(c2ccc(-c4ccc(Cl)cc4)o2)Nc2ccccc2-3)cc1. The highest BCUT2D eigenvalue weighted by Gasteiger charge is 2.28.